The van der Waals surface area contributed by atoms with Crippen molar-refractivity contribution in [3.63, 3.8) is 0 Å². The summed E-state index contributed by atoms with van der Waals surface area (Å²) in [5.41, 5.74) is 6.62. The highest BCUT2D eigenvalue weighted by atomic mass is 15.3. The lowest BCUT2D eigenvalue weighted by Crippen LogP contribution is -2.34. The van der Waals surface area contributed by atoms with Crippen molar-refractivity contribution in [2.24, 2.45) is 11.0 Å². The molecule has 0 bridgehead atoms. The van der Waals surface area contributed by atoms with E-state index in [0.717, 1.165) is 24.5 Å². The van der Waals surface area contributed by atoms with Crippen LogP contribution in [0, 0.1) is 5.92 Å². The van der Waals surface area contributed by atoms with Gasteiger partial charge >= 0.3 is 0 Å². The second-order valence-corrected chi connectivity index (χ2v) is 4.61. The van der Waals surface area contributed by atoms with Gasteiger partial charge in [0.05, 0.1) is 11.4 Å². The molecule has 0 aromatic heterocycles. The number of nitrogens with one attached hydrogen (secondary N) is 2. The summed E-state index contributed by atoms with van der Waals surface area (Å²) in [4.78, 5) is 0. The first-order valence-electron chi connectivity index (χ1n) is 6.25. The van der Waals surface area contributed by atoms with Gasteiger partial charge < -0.3 is 5.32 Å². The van der Waals surface area contributed by atoms with Crippen molar-refractivity contribution in [2.75, 3.05) is 18.5 Å². The fourth-order valence-corrected chi connectivity index (χ4v) is 2.41. The van der Waals surface area contributed by atoms with Gasteiger partial charge in [-0.1, -0.05) is 24.3 Å². The molecule has 3 rings (SSSR count). The maximum Gasteiger partial charge on any atom is 0.0651 e. The predicted octanol–water partition coefficient (Wildman–Crippen LogP) is 2.48. The van der Waals surface area contributed by atoms with Crippen LogP contribution in [0.3, 0.4) is 0 Å². The summed E-state index contributed by atoms with van der Waals surface area (Å²) in [6.07, 6.45) is 6.78. The van der Waals surface area contributed by atoms with Crippen LogP contribution in [-0.2, 0) is 0 Å². The zero-order valence-electron chi connectivity index (χ0n) is 9.82. The Hall–Kier alpha value is -1.61. The van der Waals surface area contributed by atoms with Gasteiger partial charge in [-0.2, -0.15) is 5.10 Å². The molecule has 0 radical (unpaired) electrons. The molecule has 0 amide bonds. The minimum Gasteiger partial charge on any atom is -0.316 e. The van der Waals surface area contributed by atoms with E-state index in [1.807, 2.05) is 6.07 Å². The minimum absolute atomic E-state index is 0.543. The van der Waals surface area contributed by atoms with E-state index >= 15 is 0 Å². The number of benzene rings is 1. The summed E-state index contributed by atoms with van der Waals surface area (Å²) in [6.45, 7) is 2.18. The summed E-state index contributed by atoms with van der Waals surface area (Å²) in [7, 11) is 0. The SMILES string of the molecule is C1=Cc2ccccc2NN=C1C1CCCNC1. The number of allylic oxidation sites excluding steroid dienone is 1. The van der Waals surface area contributed by atoms with Crippen LogP contribution in [0.4, 0.5) is 5.69 Å². The van der Waals surface area contributed by atoms with Crippen LogP contribution < -0.4 is 10.7 Å². The third-order valence-corrected chi connectivity index (χ3v) is 3.42. The average Bonchev–Trinajstić information content (AvgIpc) is 2.62. The van der Waals surface area contributed by atoms with E-state index in [0.29, 0.717) is 5.92 Å². The van der Waals surface area contributed by atoms with E-state index in [1.165, 1.54) is 18.4 Å². The molecule has 1 saturated heterocycles. The number of fused-ring (bicyclic) bond motifs is 1. The molecular formula is C14H17N3. The third kappa shape index (κ3) is 2.24. The Morgan fingerprint density at radius 3 is 3.00 bits per heavy atom. The third-order valence-electron chi connectivity index (χ3n) is 3.42. The van der Waals surface area contributed by atoms with E-state index in [2.05, 4.69) is 46.2 Å². The number of hydrogen-bond donors (Lipinski definition) is 2. The Labute approximate surface area is 102 Å². The largest absolute Gasteiger partial charge is 0.316 e. The first-order chi connectivity index (χ1) is 8.43. The zero-order valence-corrected chi connectivity index (χ0v) is 9.82. The Bertz CT molecular complexity index is 456. The van der Waals surface area contributed by atoms with Gasteiger partial charge in [0.2, 0.25) is 0 Å². The van der Waals surface area contributed by atoms with Crippen molar-refractivity contribution in [3.8, 4) is 0 Å². The van der Waals surface area contributed by atoms with Crippen molar-refractivity contribution in [2.45, 2.75) is 12.8 Å². The molecule has 0 aliphatic carbocycles. The predicted molar refractivity (Wildman–Crippen MR) is 72.1 cm³/mol. The zero-order chi connectivity index (χ0) is 11.5. The Balaban J connectivity index is 1.83. The van der Waals surface area contributed by atoms with Crippen LogP contribution in [0.25, 0.3) is 6.08 Å². The van der Waals surface area contributed by atoms with E-state index in [9.17, 15) is 0 Å². The molecule has 3 nitrogen and oxygen atoms in total. The van der Waals surface area contributed by atoms with Gasteiger partial charge in [-0.05, 0) is 37.1 Å². The van der Waals surface area contributed by atoms with Crippen molar-refractivity contribution >= 4 is 17.5 Å². The molecule has 0 spiro atoms. The highest BCUT2D eigenvalue weighted by molar-refractivity contribution is 6.02. The number of anilines is 1. The van der Waals surface area contributed by atoms with Crippen LogP contribution in [0.5, 0.6) is 0 Å². The van der Waals surface area contributed by atoms with Gasteiger partial charge in [0.1, 0.15) is 0 Å². The molecule has 2 aliphatic rings. The molecule has 1 aromatic rings. The van der Waals surface area contributed by atoms with E-state index in [4.69, 9.17) is 0 Å². The summed E-state index contributed by atoms with van der Waals surface area (Å²) in [5.74, 6) is 0.543. The van der Waals surface area contributed by atoms with Gasteiger partial charge in [0.25, 0.3) is 0 Å². The highest BCUT2D eigenvalue weighted by Crippen LogP contribution is 2.22. The molecule has 2 heterocycles. The molecular weight excluding hydrogens is 210 g/mol. The minimum atomic E-state index is 0.543. The van der Waals surface area contributed by atoms with Crippen molar-refractivity contribution in [3.05, 3.63) is 35.9 Å². The molecule has 1 aromatic carbocycles. The number of hydrazone groups is 1. The maximum atomic E-state index is 4.53. The summed E-state index contributed by atoms with van der Waals surface area (Å²) >= 11 is 0. The van der Waals surface area contributed by atoms with Crippen LogP contribution >= 0.6 is 0 Å². The Kier molecular flexibility index (Phi) is 2.92. The standard InChI is InChI=1S/C14H17N3/c1-2-6-13-11(4-1)7-8-14(17-16-13)12-5-3-9-15-10-12/h1-2,4,6-8,12,15-16H,3,5,9-10H2. The van der Waals surface area contributed by atoms with Gasteiger partial charge in [-0.3, -0.25) is 5.43 Å². The number of piperidine rings is 1. The molecule has 0 saturated carbocycles. The topological polar surface area (TPSA) is 36.4 Å². The lowest BCUT2D eigenvalue weighted by atomic mass is 9.94. The molecule has 2 aliphatic heterocycles. The summed E-state index contributed by atoms with van der Waals surface area (Å²) < 4.78 is 0. The van der Waals surface area contributed by atoms with E-state index < -0.39 is 0 Å². The lowest BCUT2D eigenvalue weighted by Gasteiger charge is -2.22. The monoisotopic (exact) mass is 227 g/mol. The van der Waals surface area contributed by atoms with Crippen LogP contribution in [0.15, 0.2) is 35.4 Å². The maximum absolute atomic E-state index is 4.53. The van der Waals surface area contributed by atoms with Gasteiger partial charge in [-0.25, -0.2) is 0 Å². The van der Waals surface area contributed by atoms with Gasteiger partial charge in [-0.15, -0.1) is 0 Å². The number of rotatable bonds is 1. The number of nitrogens with zero attached hydrogens (tertiary/aromatic N) is 1. The lowest BCUT2D eigenvalue weighted by molar-refractivity contribution is 0.459. The summed E-state index contributed by atoms with van der Waals surface area (Å²) in [5, 5.41) is 7.96. The normalized spacial score (nSPS) is 23.3. The Morgan fingerprint density at radius 2 is 2.12 bits per heavy atom. The summed E-state index contributed by atoms with van der Waals surface area (Å²) in [6, 6.07) is 8.25. The van der Waals surface area contributed by atoms with E-state index in [1.54, 1.807) is 0 Å². The highest BCUT2D eigenvalue weighted by Gasteiger charge is 2.18. The Morgan fingerprint density at radius 1 is 1.18 bits per heavy atom. The second kappa shape index (κ2) is 4.72. The quantitative estimate of drug-likeness (QED) is 0.773. The smallest absolute Gasteiger partial charge is 0.0651 e. The second-order valence-electron chi connectivity index (χ2n) is 4.61. The first-order valence-corrected chi connectivity index (χ1v) is 6.25. The van der Waals surface area contributed by atoms with Crippen LogP contribution in [0.1, 0.15) is 18.4 Å². The number of para-hydroxylation sites is 1. The molecule has 2 N–H and O–H groups in total. The molecule has 17 heavy (non-hydrogen) atoms. The molecule has 88 valence electrons. The fraction of sp³-hybridized carbons (Fsp3) is 0.357. The fourth-order valence-electron chi connectivity index (χ4n) is 2.41. The molecule has 3 heteroatoms. The van der Waals surface area contributed by atoms with Gasteiger partial charge in [0, 0.05) is 12.5 Å². The van der Waals surface area contributed by atoms with Crippen molar-refractivity contribution in [1.82, 2.24) is 5.32 Å². The van der Waals surface area contributed by atoms with Gasteiger partial charge in [0.15, 0.2) is 0 Å². The van der Waals surface area contributed by atoms with Crippen LogP contribution in [0.2, 0.25) is 0 Å². The van der Waals surface area contributed by atoms with E-state index in [-0.39, 0.29) is 0 Å². The van der Waals surface area contributed by atoms with Crippen molar-refractivity contribution < 1.29 is 0 Å². The average molecular weight is 227 g/mol. The molecule has 1 fully saturated rings. The molecule has 1 atom stereocenters. The number of hydrogen-bond acceptors (Lipinski definition) is 3. The molecule has 1 unspecified atom stereocenters. The van der Waals surface area contributed by atoms with Crippen LogP contribution in [-0.4, -0.2) is 18.8 Å². The van der Waals surface area contributed by atoms with Crippen molar-refractivity contribution in [1.29, 1.82) is 0 Å². The first kappa shape index (κ1) is 10.5.